The summed E-state index contributed by atoms with van der Waals surface area (Å²) in [5.74, 6) is -0.352. The number of pyridine rings is 1. The second-order valence-corrected chi connectivity index (χ2v) is 4.37. The molecule has 0 spiro atoms. The lowest BCUT2D eigenvalue weighted by Gasteiger charge is -2.22. The molecule has 4 nitrogen and oxygen atoms in total. The van der Waals surface area contributed by atoms with Crippen molar-refractivity contribution >= 4 is 11.8 Å². The highest BCUT2D eigenvalue weighted by Gasteiger charge is 2.39. The number of aryl methyl sites for hydroxylation is 1. The molecule has 1 N–H and O–H groups in total. The molecule has 0 saturated carbocycles. The normalized spacial score (nSPS) is 25.4. The summed E-state index contributed by atoms with van der Waals surface area (Å²) in [6, 6.07) is 3.61. The molecular weight excluding hydrogens is 204 g/mol. The third kappa shape index (κ3) is 1.96. The van der Waals surface area contributed by atoms with Crippen LogP contribution in [0.4, 0.5) is 0 Å². The summed E-state index contributed by atoms with van der Waals surface area (Å²) in [6.45, 7) is 3.91. The van der Waals surface area contributed by atoms with Crippen molar-refractivity contribution in [2.24, 2.45) is 5.92 Å². The topological polar surface area (TPSA) is 50.0 Å². The average molecular weight is 219 g/mol. The molecule has 84 valence electrons. The van der Waals surface area contributed by atoms with Crippen LogP contribution in [0.2, 0.25) is 0 Å². The zero-order valence-corrected chi connectivity index (χ0v) is 9.43. The van der Waals surface area contributed by atoms with E-state index >= 15 is 0 Å². The molecule has 2 heterocycles. The number of piperidine rings is 1. The van der Waals surface area contributed by atoms with Crippen molar-refractivity contribution in [3.8, 4) is 0 Å². The lowest BCUT2D eigenvalue weighted by atomic mass is 9.93. The van der Waals surface area contributed by atoms with Crippen LogP contribution < -0.4 is 9.88 Å². The molecule has 1 aromatic rings. The number of nitrogens with zero attached hydrogens (tertiary/aromatic N) is 1. The first-order chi connectivity index (χ1) is 7.58. The summed E-state index contributed by atoms with van der Waals surface area (Å²) in [6.07, 6.45) is 4.19. The van der Waals surface area contributed by atoms with E-state index in [4.69, 9.17) is 0 Å². The second kappa shape index (κ2) is 4.04. The molecule has 2 amide bonds. The van der Waals surface area contributed by atoms with Gasteiger partial charge in [-0.2, -0.15) is 4.57 Å². The van der Waals surface area contributed by atoms with Crippen molar-refractivity contribution < 1.29 is 14.2 Å². The smallest absolute Gasteiger partial charge is 0.291 e. The van der Waals surface area contributed by atoms with Crippen LogP contribution in [-0.4, -0.2) is 11.8 Å². The minimum Gasteiger partial charge on any atom is -0.291 e. The number of hydrogen-bond acceptors (Lipinski definition) is 2. The van der Waals surface area contributed by atoms with Gasteiger partial charge in [0, 0.05) is 24.0 Å². The van der Waals surface area contributed by atoms with Gasteiger partial charge in [-0.05, 0) is 13.0 Å². The van der Waals surface area contributed by atoms with Crippen molar-refractivity contribution in [1.29, 1.82) is 0 Å². The Bertz CT molecular complexity index is 442. The zero-order valence-electron chi connectivity index (χ0n) is 9.43. The van der Waals surface area contributed by atoms with Crippen LogP contribution in [0.5, 0.6) is 0 Å². The van der Waals surface area contributed by atoms with Gasteiger partial charge in [0.05, 0.1) is 0 Å². The van der Waals surface area contributed by atoms with Gasteiger partial charge in [-0.15, -0.1) is 0 Å². The van der Waals surface area contributed by atoms with Gasteiger partial charge in [0.25, 0.3) is 5.91 Å². The van der Waals surface area contributed by atoms with Crippen LogP contribution in [0.3, 0.4) is 0 Å². The Kier molecular flexibility index (Phi) is 2.73. The SMILES string of the molecule is Cc1ccc[n+](C2C(=O)NC(=O)CC2C)c1. The molecule has 0 bridgehead atoms. The Morgan fingerprint density at radius 2 is 2.19 bits per heavy atom. The highest BCUT2D eigenvalue weighted by molar-refractivity contribution is 5.99. The molecule has 1 aliphatic rings. The molecule has 4 heteroatoms. The van der Waals surface area contributed by atoms with Gasteiger partial charge in [-0.3, -0.25) is 14.9 Å². The van der Waals surface area contributed by atoms with E-state index in [0.717, 1.165) is 5.56 Å². The fourth-order valence-corrected chi connectivity index (χ4v) is 2.14. The van der Waals surface area contributed by atoms with Crippen LogP contribution in [0, 0.1) is 12.8 Å². The van der Waals surface area contributed by atoms with Gasteiger partial charge < -0.3 is 0 Å². The maximum absolute atomic E-state index is 11.8. The first-order valence-electron chi connectivity index (χ1n) is 5.39. The molecule has 1 aliphatic heterocycles. The van der Waals surface area contributed by atoms with Crippen LogP contribution in [0.15, 0.2) is 24.5 Å². The van der Waals surface area contributed by atoms with Gasteiger partial charge in [0.1, 0.15) is 0 Å². The first kappa shape index (κ1) is 10.8. The number of imide groups is 1. The number of aromatic nitrogens is 1. The number of nitrogens with one attached hydrogen (secondary N) is 1. The highest BCUT2D eigenvalue weighted by Crippen LogP contribution is 2.20. The van der Waals surface area contributed by atoms with Crippen LogP contribution in [-0.2, 0) is 9.59 Å². The van der Waals surface area contributed by atoms with E-state index in [1.54, 1.807) is 0 Å². The summed E-state index contributed by atoms with van der Waals surface area (Å²) in [7, 11) is 0. The third-order valence-electron chi connectivity index (χ3n) is 2.87. The van der Waals surface area contributed by atoms with Gasteiger partial charge >= 0.3 is 0 Å². The fraction of sp³-hybridized carbons (Fsp3) is 0.417. The monoisotopic (exact) mass is 219 g/mol. The van der Waals surface area contributed by atoms with Crippen molar-refractivity contribution in [1.82, 2.24) is 5.32 Å². The molecule has 1 fully saturated rings. The molecule has 0 aliphatic carbocycles. The largest absolute Gasteiger partial charge is 0.295 e. The molecule has 0 aromatic carbocycles. The van der Waals surface area contributed by atoms with Gasteiger partial charge in [0.15, 0.2) is 12.4 Å². The quantitative estimate of drug-likeness (QED) is 0.552. The Labute approximate surface area is 94.3 Å². The molecule has 2 unspecified atom stereocenters. The molecule has 2 atom stereocenters. The highest BCUT2D eigenvalue weighted by atomic mass is 16.2. The molecule has 1 aromatic heterocycles. The van der Waals surface area contributed by atoms with E-state index in [9.17, 15) is 9.59 Å². The Balaban J connectivity index is 2.32. The average Bonchev–Trinajstić information content (AvgIpc) is 2.15. The minimum atomic E-state index is -0.280. The van der Waals surface area contributed by atoms with E-state index in [-0.39, 0.29) is 23.8 Å². The summed E-state index contributed by atoms with van der Waals surface area (Å²) in [4.78, 5) is 23.0. The Morgan fingerprint density at radius 1 is 1.44 bits per heavy atom. The van der Waals surface area contributed by atoms with E-state index in [1.807, 2.05) is 42.9 Å². The van der Waals surface area contributed by atoms with Gasteiger partial charge in [-0.1, -0.05) is 6.92 Å². The summed E-state index contributed by atoms with van der Waals surface area (Å²) >= 11 is 0. The van der Waals surface area contributed by atoms with Crippen molar-refractivity contribution in [3.05, 3.63) is 30.1 Å². The lowest BCUT2D eigenvalue weighted by molar-refractivity contribution is -0.716. The van der Waals surface area contributed by atoms with E-state index in [1.165, 1.54) is 0 Å². The Morgan fingerprint density at radius 3 is 2.81 bits per heavy atom. The number of rotatable bonds is 1. The van der Waals surface area contributed by atoms with E-state index in [2.05, 4.69) is 5.32 Å². The zero-order chi connectivity index (χ0) is 11.7. The lowest BCUT2D eigenvalue weighted by Crippen LogP contribution is -2.56. The molecule has 1 saturated heterocycles. The predicted molar refractivity (Wildman–Crippen MR) is 57.3 cm³/mol. The maximum Gasteiger partial charge on any atom is 0.295 e. The summed E-state index contributed by atoms with van der Waals surface area (Å²) in [5.41, 5.74) is 1.10. The van der Waals surface area contributed by atoms with Crippen LogP contribution in [0.25, 0.3) is 0 Å². The van der Waals surface area contributed by atoms with Crippen LogP contribution >= 0.6 is 0 Å². The second-order valence-electron chi connectivity index (χ2n) is 4.37. The summed E-state index contributed by atoms with van der Waals surface area (Å²) in [5, 5.41) is 2.38. The maximum atomic E-state index is 11.8. The summed E-state index contributed by atoms with van der Waals surface area (Å²) < 4.78 is 1.88. The van der Waals surface area contributed by atoms with Crippen molar-refractivity contribution in [3.63, 3.8) is 0 Å². The number of hydrogen-bond donors (Lipinski definition) is 1. The minimum absolute atomic E-state index is 0.0352. The predicted octanol–water partition coefficient (Wildman–Crippen LogP) is 0.506. The third-order valence-corrected chi connectivity index (χ3v) is 2.87. The molecular formula is C12H15N2O2+. The standard InChI is InChI=1S/C12H14N2O2/c1-8-4-3-5-14(7-8)11-9(2)6-10(15)13-12(11)16/h3-5,7,9,11H,6H2,1-2H3/p+1. The van der Waals surface area contributed by atoms with Gasteiger partial charge in [0.2, 0.25) is 11.9 Å². The van der Waals surface area contributed by atoms with E-state index < -0.39 is 0 Å². The van der Waals surface area contributed by atoms with Crippen molar-refractivity contribution in [2.45, 2.75) is 26.3 Å². The van der Waals surface area contributed by atoms with E-state index in [0.29, 0.717) is 6.42 Å². The van der Waals surface area contributed by atoms with Gasteiger partial charge in [-0.25, -0.2) is 0 Å². The van der Waals surface area contributed by atoms with Crippen LogP contribution in [0.1, 0.15) is 24.9 Å². The Hall–Kier alpha value is -1.71. The molecule has 0 radical (unpaired) electrons. The number of amides is 2. The number of carbonyl (C=O) groups excluding carboxylic acids is 2. The first-order valence-corrected chi connectivity index (χ1v) is 5.39. The molecule has 16 heavy (non-hydrogen) atoms. The molecule has 2 rings (SSSR count). The fourth-order valence-electron chi connectivity index (χ4n) is 2.14. The van der Waals surface area contributed by atoms with Crippen molar-refractivity contribution in [2.75, 3.05) is 0 Å². The number of carbonyl (C=O) groups is 2.